The Labute approximate surface area is 160 Å². The largest absolute Gasteiger partial charge is 0.343 e. The van der Waals surface area contributed by atoms with E-state index in [4.69, 9.17) is 9.47 Å². The number of hydrogen-bond donors (Lipinski definition) is 1. The first kappa shape index (κ1) is 23.9. The van der Waals surface area contributed by atoms with Gasteiger partial charge in [0.25, 0.3) is 5.97 Å². The van der Waals surface area contributed by atoms with Crippen LogP contribution in [0.2, 0.25) is 0 Å². The van der Waals surface area contributed by atoms with Gasteiger partial charge in [0.05, 0.1) is 0 Å². The van der Waals surface area contributed by atoms with E-state index < -0.39 is 29.3 Å². The monoisotopic (exact) mass is 390 g/mol. The van der Waals surface area contributed by atoms with Crippen molar-refractivity contribution in [3.63, 3.8) is 0 Å². The Bertz CT molecular complexity index is 546. The quantitative estimate of drug-likeness (QED) is 0.250. The van der Waals surface area contributed by atoms with Gasteiger partial charge in [0.1, 0.15) is 5.82 Å². The van der Waals surface area contributed by atoms with E-state index in [0.29, 0.717) is 12.5 Å². The Morgan fingerprint density at radius 2 is 1.41 bits per heavy atom. The first-order chi connectivity index (χ1) is 12.9. The average Bonchev–Trinajstić information content (AvgIpc) is 2.61. The molecule has 0 amide bonds. The Balaban J connectivity index is 2.90. The molecule has 6 heteroatoms. The van der Waals surface area contributed by atoms with Gasteiger partial charge in [-0.1, -0.05) is 45.4 Å². The molecule has 0 fully saturated rings. The van der Waals surface area contributed by atoms with Crippen LogP contribution in [0.3, 0.4) is 0 Å². The van der Waals surface area contributed by atoms with Gasteiger partial charge in [-0.15, -0.1) is 0 Å². The summed E-state index contributed by atoms with van der Waals surface area (Å²) in [5.74, 6) is -5.65. The molecule has 3 nitrogen and oxygen atoms in total. The van der Waals surface area contributed by atoms with Crippen LogP contribution < -0.4 is 0 Å². The van der Waals surface area contributed by atoms with E-state index in [1.807, 2.05) is 0 Å². The van der Waals surface area contributed by atoms with Crippen LogP contribution >= 0.6 is 0 Å². The molecule has 0 aliphatic rings. The molecule has 0 radical (unpaired) electrons. The summed E-state index contributed by atoms with van der Waals surface area (Å²) in [4.78, 5) is 0. The van der Waals surface area contributed by atoms with Gasteiger partial charge >= 0.3 is 0 Å². The predicted octanol–water partition coefficient (Wildman–Crippen LogP) is 5.73. The summed E-state index contributed by atoms with van der Waals surface area (Å²) in [5, 5.41) is 10.9. The first-order valence-corrected chi connectivity index (χ1v) is 10.0. The molecule has 1 aromatic carbocycles. The normalized spacial score (nSPS) is 13.1. The highest BCUT2D eigenvalue weighted by Crippen LogP contribution is 2.31. The second-order valence-corrected chi connectivity index (χ2v) is 6.81. The predicted molar refractivity (Wildman–Crippen MR) is 99.7 cm³/mol. The molecule has 0 saturated carbocycles. The first-order valence-electron chi connectivity index (χ1n) is 10.0. The second-order valence-electron chi connectivity index (χ2n) is 6.81. The summed E-state index contributed by atoms with van der Waals surface area (Å²) in [5.41, 5.74) is 0.00251. The van der Waals surface area contributed by atoms with Crippen molar-refractivity contribution in [1.29, 1.82) is 0 Å². The van der Waals surface area contributed by atoms with Gasteiger partial charge in [-0.25, -0.2) is 13.2 Å². The third-order valence-corrected chi connectivity index (χ3v) is 4.68. The van der Waals surface area contributed by atoms with Crippen LogP contribution in [0.1, 0.15) is 71.3 Å². The molecule has 0 heterocycles. The summed E-state index contributed by atoms with van der Waals surface area (Å²) in [6, 6.07) is 1.38. The number of aliphatic hydroxyl groups is 1. The van der Waals surface area contributed by atoms with Gasteiger partial charge < -0.3 is 14.6 Å². The number of unbranched alkanes of at least 4 members (excludes halogenated alkanes) is 5. The minimum absolute atomic E-state index is 0.00251. The Kier molecular flexibility index (Phi) is 11.0. The van der Waals surface area contributed by atoms with E-state index >= 15 is 0 Å². The van der Waals surface area contributed by atoms with Crippen LogP contribution in [0.25, 0.3) is 0 Å². The minimum Gasteiger partial charge on any atom is -0.343 e. The molecule has 1 N–H and O–H groups in total. The van der Waals surface area contributed by atoms with E-state index in [9.17, 15) is 18.3 Å². The van der Waals surface area contributed by atoms with Crippen molar-refractivity contribution < 1.29 is 27.8 Å². The highest BCUT2D eigenvalue weighted by atomic mass is 19.2. The zero-order chi connectivity index (χ0) is 20.3. The van der Waals surface area contributed by atoms with E-state index in [0.717, 1.165) is 38.2 Å². The molecule has 1 aromatic rings. The summed E-state index contributed by atoms with van der Waals surface area (Å²) >= 11 is 0. The molecule has 0 spiro atoms. The summed E-state index contributed by atoms with van der Waals surface area (Å²) in [7, 11) is 0. The maximum atomic E-state index is 14.1. The van der Waals surface area contributed by atoms with Crippen molar-refractivity contribution in [2.75, 3.05) is 13.2 Å². The lowest BCUT2D eigenvalue weighted by Crippen LogP contribution is -2.45. The zero-order valence-electron chi connectivity index (χ0n) is 16.7. The van der Waals surface area contributed by atoms with Crippen LogP contribution in [0.15, 0.2) is 12.1 Å². The molecule has 27 heavy (non-hydrogen) atoms. The lowest BCUT2D eigenvalue weighted by molar-refractivity contribution is -0.384. The Morgan fingerprint density at radius 3 is 2.00 bits per heavy atom. The fourth-order valence-corrected chi connectivity index (χ4v) is 3.26. The van der Waals surface area contributed by atoms with Gasteiger partial charge in [-0.3, -0.25) is 0 Å². The van der Waals surface area contributed by atoms with Gasteiger partial charge in [0, 0.05) is 25.2 Å². The van der Waals surface area contributed by atoms with Crippen LogP contribution in [0, 0.1) is 23.4 Å². The molecule has 0 aliphatic heterocycles. The zero-order valence-corrected chi connectivity index (χ0v) is 16.7. The summed E-state index contributed by atoms with van der Waals surface area (Å²) in [6.07, 6.45) is 6.89. The van der Waals surface area contributed by atoms with Crippen molar-refractivity contribution >= 4 is 0 Å². The fraction of sp³-hybridized carbons (Fsp3) is 0.714. The lowest BCUT2D eigenvalue weighted by Gasteiger charge is -2.35. The molecule has 156 valence electrons. The van der Waals surface area contributed by atoms with Crippen molar-refractivity contribution in [3.8, 4) is 0 Å². The van der Waals surface area contributed by atoms with Gasteiger partial charge in [0.15, 0.2) is 11.6 Å². The second kappa shape index (κ2) is 12.4. The van der Waals surface area contributed by atoms with Crippen LogP contribution in [0.4, 0.5) is 13.2 Å². The van der Waals surface area contributed by atoms with E-state index in [1.165, 1.54) is 6.42 Å². The van der Waals surface area contributed by atoms with E-state index in [-0.39, 0.29) is 25.2 Å². The SMILES string of the molecule is CCCCCCCCC(Cc1cc(F)c(F)cc1F)C(O)(OCC)OCC. The van der Waals surface area contributed by atoms with Crippen molar-refractivity contribution in [2.45, 2.75) is 78.1 Å². The number of hydrogen-bond acceptors (Lipinski definition) is 3. The van der Waals surface area contributed by atoms with Gasteiger partial charge in [0.2, 0.25) is 0 Å². The number of halogens is 3. The highest BCUT2D eigenvalue weighted by Gasteiger charge is 2.39. The summed E-state index contributed by atoms with van der Waals surface area (Å²) < 4.78 is 51.8. The highest BCUT2D eigenvalue weighted by molar-refractivity contribution is 5.21. The van der Waals surface area contributed by atoms with Crippen molar-refractivity contribution in [3.05, 3.63) is 35.1 Å². The number of ether oxygens (including phenoxy) is 2. The third-order valence-electron chi connectivity index (χ3n) is 4.68. The fourth-order valence-electron chi connectivity index (χ4n) is 3.26. The molecule has 0 aliphatic carbocycles. The van der Waals surface area contributed by atoms with Gasteiger partial charge in [-0.05, 0) is 38.3 Å². The molecule has 0 saturated heterocycles. The van der Waals surface area contributed by atoms with Crippen molar-refractivity contribution in [2.24, 2.45) is 5.92 Å². The smallest absolute Gasteiger partial charge is 0.283 e. The van der Waals surface area contributed by atoms with Crippen LogP contribution in [-0.2, 0) is 15.9 Å². The Morgan fingerprint density at radius 1 is 0.852 bits per heavy atom. The topological polar surface area (TPSA) is 38.7 Å². The number of benzene rings is 1. The molecule has 1 unspecified atom stereocenters. The molecule has 1 atom stereocenters. The maximum Gasteiger partial charge on any atom is 0.283 e. The number of rotatable bonds is 14. The molecule has 0 aromatic heterocycles. The lowest BCUT2D eigenvalue weighted by atomic mass is 9.90. The maximum absolute atomic E-state index is 14.1. The molecule has 0 bridgehead atoms. The van der Waals surface area contributed by atoms with Crippen molar-refractivity contribution in [1.82, 2.24) is 0 Å². The third kappa shape index (κ3) is 7.80. The van der Waals surface area contributed by atoms with E-state index in [1.54, 1.807) is 13.8 Å². The van der Waals surface area contributed by atoms with E-state index in [2.05, 4.69) is 6.92 Å². The standard InChI is InChI=1S/C21H33F3O3/c1-4-7-8-9-10-11-12-17(21(25,26-5-2)27-6-3)13-16-14-19(23)20(24)15-18(16)22/h14-15,17,25H,4-13H2,1-3H3. The molecule has 1 rings (SSSR count). The van der Waals surface area contributed by atoms with Crippen LogP contribution in [0.5, 0.6) is 0 Å². The van der Waals surface area contributed by atoms with Crippen LogP contribution in [-0.4, -0.2) is 24.3 Å². The Hall–Kier alpha value is -1.11. The molecular formula is C21H33F3O3. The summed E-state index contributed by atoms with van der Waals surface area (Å²) in [6.45, 7) is 6.03. The van der Waals surface area contributed by atoms with Gasteiger partial charge in [-0.2, -0.15) is 0 Å². The average molecular weight is 390 g/mol. The minimum atomic E-state index is -1.88. The molecular weight excluding hydrogens is 357 g/mol.